The predicted molar refractivity (Wildman–Crippen MR) is 84.2 cm³/mol. The van der Waals surface area contributed by atoms with E-state index in [4.69, 9.17) is 0 Å². The van der Waals surface area contributed by atoms with E-state index in [1.165, 1.54) is 77.0 Å². The van der Waals surface area contributed by atoms with E-state index in [0.717, 1.165) is 6.04 Å². The number of hydrogen-bond donors (Lipinski definition) is 0. The van der Waals surface area contributed by atoms with Crippen LogP contribution in [-0.4, -0.2) is 25.0 Å². The van der Waals surface area contributed by atoms with Crippen molar-refractivity contribution in [2.24, 2.45) is 0 Å². The van der Waals surface area contributed by atoms with Crippen LogP contribution in [0.3, 0.4) is 0 Å². The standard InChI is InChI=1S/C17H37N/c1-5-7-9-11-13-15-17(18(3)4)16-14-12-10-8-6-2/h17H,5-16H2,1-4H3. The third-order valence-corrected chi connectivity index (χ3v) is 4.01. The molecule has 0 saturated heterocycles. The van der Waals surface area contributed by atoms with Crippen molar-refractivity contribution in [1.82, 2.24) is 4.90 Å². The van der Waals surface area contributed by atoms with E-state index in [9.17, 15) is 0 Å². The maximum atomic E-state index is 2.44. The van der Waals surface area contributed by atoms with Crippen LogP contribution < -0.4 is 0 Å². The van der Waals surface area contributed by atoms with Gasteiger partial charge in [-0.15, -0.1) is 0 Å². The van der Waals surface area contributed by atoms with E-state index in [1.807, 2.05) is 0 Å². The largest absolute Gasteiger partial charge is 0.306 e. The molecule has 1 heteroatoms. The lowest BCUT2D eigenvalue weighted by Gasteiger charge is -2.24. The first-order valence-electron chi connectivity index (χ1n) is 8.38. The second kappa shape index (κ2) is 13.4. The van der Waals surface area contributed by atoms with Crippen molar-refractivity contribution in [2.75, 3.05) is 14.1 Å². The van der Waals surface area contributed by atoms with E-state index in [1.54, 1.807) is 0 Å². The molecule has 110 valence electrons. The van der Waals surface area contributed by atoms with Crippen molar-refractivity contribution in [3.63, 3.8) is 0 Å². The lowest BCUT2D eigenvalue weighted by atomic mass is 10.00. The molecule has 0 atom stereocenters. The minimum atomic E-state index is 0.827. The predicted octanol–water partition coefficient (Wildman–Crippen LogP) is 5.64. The van der Waals surface area contributed by atoms with E-state index in [-0.39, 0.29) is 0 Å². The summed E-state index contributed by atoms with van der Waals surface area (Å²) < 4.78 is 0. The third-order valence-electron chi connectivity index (χ3n) is 4.01. The Labute approximate surface area is 116 Å². The van der Waals surface area contributed by atoms with Gasteiger partial charge in [0.2, 0.25) is 0 Å². The molecule has 0 aliphatic heterocycles. The molecule has 0 aromatic carbocycles. The first kappa shape index (κ1) is 18.0. The molecular formula is C17H37N. The molecule has 0 saturated carbocycles. The molecule has 1 nitrogen and oxygen atoms in total. The van der Waals surface area contributed by atoms with Crippen molar-refractivity contribution in [2.45, 2.75) is 96.9 Å². The number of nitrogens with zero attached hydrogens (tertiary/aromatic N) is 1. The van der Waals surface area contributed by atoms with Crippen molar-refractivity contribution in [3.8, 4) is 0 Å². The molecule has 0 bridgehead atoms. The van der Waals surface area contributed by atoms with Gasteiger partial charge in [-0.05, 0) is 26.9 Å². The van der Waals surface area contributed by atoms with Crippen LogP contribution in [-0.2, 0) is 0 Å². The first-order valence-corrected chi connectivity index (χ1v) is 8.38. The fraction of sp³-hybridized carbons (Fsp3) is 1.00. The summed E-state index contributed by atoms with van der Waals surface area (Å²) >= 11 is 0. The quantitative estimate of drug-likeness (QED) is 0.385. The molecule has 0 unspecified atom stereocenters. The van der Waals surface area contributed by atoms with E-state index in [0.29, 0.717) is 0 Å². The van der Waals surface area contributed by atoms with Gasteiger partial charge in [0.05, 0.1) is 0 Å². The first-order chi connectivity index (χ1) is 8.72. The average Bonchev–Trinajstić information content (AvgIpc) is 2.35. The Morgan fingerprint density at radius 1 is 0.611 bits per heavy atom. The molecular weight excluding hydrogens is 218 g/mol. The Bertz CT molecular complexity index is 140. The fourth-order valence-electron chi connectivity index (χ4n) is 2.63. The van der Waals surface area contributed by atoms with Crippen molar-refractivity contribution in [3.05, 3.63) is 0 Å². The van der Waals surface area contributed by atoms with Gasteiger partial charge in [0.25, 0.3) is 0 Å². The number of unbranched alkanes of at least 4 members (excludes halogenated alkanes) is 8. The van der Waals surface area contributed by atoms with Crippen LogP contribution in [0.1, 0.15) is 90.9 Å². The zero-order valence-corrected chi connectivity index (χ0v) is 13.5. The molecule has 0 aromatic heterocycles. The Hall–Kier alpha value is -0.0400. The lowest BCUT2D eigenvalue weighted by Crippen LogP contribution is -2.27. The summed E-state index contributed by atoms with van der Waals surface area (Å²) in [6.07, 6.45) is 17.0. The minimum Gasteiger partial charge on any atom is -0.306 e. The second-order valence-electron chi connectivity index (χ2n) is 6.02. The highest BCUT2D eigenvalue weighted by Gasteiger charge is 2.10. The van der Waals surface area contributed by atoms with Crippen molar-refractivity contribution < 1.29 is 0 Å². The third kappa shape index (κ3) is 11.1. The maximum Gasteiger partial charge on any atom is 0.00891 e. The topological polar surface area (TPSA) is 3.24 Å². The van der Waals surface area contributed by atoms with E-state index in [2.05, 4.69) is 32.8 Å². The van der Waals surface area contributed by atoms with Gasteiger partial charge in [0.15, 0.2) is 0 Å². The zero-order chi connectivity index (χ0) is 13.6. The van der Waals surface area contributed by atoms with Crippen molar-refractivity contribution in [1.29, 1.82) is 0 Å². The second-order valence-corrected chi connectivity index (χ2v) is 6.02. The Morgan fingerprint density at radius 3 is 1.33 bits per heavy atom. The molecule has 0 aliphatic carbocycles. The summed E-state index contributed by atoms with van der Waals surface area (Å²) in [7, 11) is 4.51. The SMILES string of the molecule is CCCCCCCC(CCCCCCC)N(C)C. The fourth-order valence-corrected chi connectivity index (χ4v) is 2.63. The molecule has 0 heterocycles. The van der Waals surface area contributed by atoms with Gasteiger partial charge in [0.1, 0.15) is 0 Å². The molecule has 0 aliphatic rings. The molecule has 0 amide bonds. The highest BCUT2D eigenvalue weighted by atomic mass is 15.1. The molecule has 0 N–H and O–H groups in total. The number of rotatable bonds is 13. The normalized spacial score (nSPS) is 11.7. The summed E-state index contributed by atoms with van der Waals surface area (Å²) in [6, 6.07) is 0.827. The molecule has 0 fully saturated rings. The zero-order valence-electron chi connectivity index (χ0n) is 13.5. The minimum absolute atomic E-state index is 0.827. The molecule has 0 rings (SSSR count). The number of hydrogen-bond acceptors (Lipinski definition) is 1. The molecule has 0 aromatic rings. The van der Waals surface area contributed by atoms with Gasteiger partial charge in [-0.3, -0.25) is 0 Å². The smallest absolute Gasteiger partial charge is 0.00891 e. The summed E-state index contributed by atoms with van der Waals surface area (Å²) in [5.41, 5.74) is 0. The lowest BCUT2D eigenvalue weighted by molar-refractivity contribution is 0.251. The summed E-state index contributed by atoms with van der Waals surface area (Å²) in [5, 5.41) is 0. The summed E-state index contributed by atoms with van der Waals surface area (Å²) in [6.45, 7) is 4.58. The van der Waals surface area contributed by atoms with E-state index >= 15 is 0 Å². The monoisotopic (exact) mass is 255 g/mol. The van der Waals surface area contributed by atoms with Crippen LogP contribution in [0.15, 0.2) is 0 Å². The van der Waals surface area contributed by atoms with Crippen LogP contribution in [0.25, 0.3) is 0 Å². The van der Waals surface area contributed by atoms with Crippen LogP contribution >= 0.6 is 0 Å². The van der Waals surface area contributed by atoms with Crippen molar-refractivity contribution >= 4 is 0 Å². The summed E-state index contributed by atoms with van der Waals surface area (Å²) in [5.74, 6) is 0. The molecule has 0 spiro atoms. The summed E-state index contributed by atoms with van der Waals surface area (Å²) in [4.78, 5) is 2.44. The Balaban J connectivity index is 3.53. The highest BCUT2D eigenvalue weighted by Crippen LogP contribution is 2.16. The van der Waals surface area contributed by atoms with Crippen LogP contribution in [0.5, 0.6) is 0 Å². The maximum absolute atomic E-state index is 2.44. The Kier molecular flexibility index (Phi) is 13.4. The average molecular weight is 255 g/mol. The van der Waals surface area contributed by atoms with E-state index < -0.39 is 0 Å². The highest BCUT2D eigenvalue weighted by molar-refractivity contribution is 4.66. The van der Waals surface area contributed by atoms with Gasteiger partial charge >= 0.3 is 0 Å². The van der Waals surface area contributed by atoms with Gasteiger partial charge in [-0.25, -0.2) is 0 Å². The van der Waals surface area contributed by atoms with Gasteiger partial charge in [0, 0.05) is 6.04 Å². The molecule has 18 heavy (non-hydrogen) atoms. The Morgan fingerprint density at radius 2 is 1.00 bits per heavy atom. The molecule has 0 radical (unpaired) electrons. The van der Waals surface area contributed by atoms with Crippen LogP contribution in [0.2, 0.25) is 0 Å². The van der Waals surface area contributed by atoms with Gasteiger partial charge < -0.3 is 4.90 Å². The van der Waals surface area contributed by atoms with Crippen LogP contribution in [0.4, 0.5) is 0 Å². The van der Waals surface area contributed by atoms with Crippen LogP contribution in [0, 0.1) is 0 Å². The van der Waals surface area contributed by atoms with Gasteiger partial charge in [-0.1, -0.05) is 78.1 Å². The van der Waals surface area contributed by atoms with Gasteiger partial charge in [-0.2, -0.15) is 0 Å².